The second-order valence-corrected chi connectivity index (χ2v) is 10.5. The van der Waals surface area contributed by atoms with Crippen molar-refractivity contribution >= 4 is 40.5 Å². The van der Waals surface area contributed by atoms with E-state index in [9.17, 15) is 22.8 Å². The predicted octanol–water partition coefficient (Wildman–Crippen LogP) is 7.25. The standard InChI is InChI=1S/C29H22Cl2F3N3O4/c1-16-10-19(24-14-28(41-36-24,29(32,33)34)20-11-21(30)13-22(31)12-20)8-9-23(16)26(38)35-25-17(2)40-37(27(25)39)15-18-6-4-3-5-7-18/h3-13H,14-15H2,1-2H3,(H,35,38). The summed E-state index contributed by atoms with van der Waals surface area (Å²) in [6, 6.07) is 17.3. The van der Waals surface area contributed by atoms with Crippen molar-refractivity contribution in [3.05, 3.63) is 121 Å². The molecule has 212 valence electrons. The van der Waals surface area contributed by atoms with Gasteiger partial charge in [0.05, 0.1) is 12.3 Å². The van der Waals surface area contributed by atoms with Crippen LogP contribution in [0.5, 0.6) is 0 Å². The highest BCUT2D eigenvalue weighted by atomic mass is 35.5. The Morgan fingerprint density at radius 1 is 1.05 bits per heavy atom. The van der Waals surface area contributed by atoms with Gasteiger partial charge in [0.2, 0.25) is 0 Å². The summed E-state index contributed by atoms with van der Waals surface area (Å²) < 4.78 is 49.7. The van der Waals surface area contributed by atoms with E-state index >= 15 is 0 Å². The first-order valence-electron chi connectivity index (χ1n) is 12.3. The van der Waals surface area contributed by atoms with Gasteiger partial charge in [-0.2, -0.15) is 17.9 Å². The summed E-state index contributed by atoms with van der Waals surface area (Å²) in [6.07, 6.45) is -5.47. The van der Waals surface area contributed by atoms with Gasteiger partial charge >= 0.3 is 11.7 Å². The van der Waals surface area contributed by atoms with Crippen LogP contribution in [-0.2, 0) is 17.0 Å². The van der Waals surface area contributed by atoms with E-state index in [0.717, 1.165) is 22.4 Å². The van der Waals surface area contributed by atoms with Gasteiger partial charge in [-0.3, -0.25) is 9.59 Å². The van der Waals surface area contributed by atoms with E-state index in [4.69, 9.17) is 32.6 Å². The predicted molar refractivity (Wildman–Crippen MR) is 149 cm³/mol. The van der Waals surface area contributed by atoms with Gasteiger partial charge in [-0.15, -0.1) is 0 Å². The lowest BCUT2D eigenvalue weighted by molar-refractivity contribution is -0.275. The van der Waals surface area contributed by atoms with Crippen molar-refractivity contribution in [3.63, 3.8) is 0 Å². The molecule has 41 heavy (non-hydrogen) atoms. The fourth-order valence-electron chi connectivity index (χ4n) is 4.65. The average Bonchev–Trinajstić information content (AvgIpc) is 3.47. The first-order valence-corrected chi connectivity index (χ1v) is 13.1. The minimum Gasteiger partial charge on any atom is -0.379 e. The molecule has 1 unspecified atom stereocenters. The van der Waals surface area contributed by atoms with Gasteiger partial charge in [0.25, 0.3) is 11.5 Å². The van der Waals surface area contributed by atoms with Crippen molar-refractivity contribution in [1.29, 1.82) is 0 Å². The number of aromatic nitrogens is 1. The Bertz CT molecular complexity index is 1710. The van der Waals surface area contributed by atoms with E-state index < -0.39 is 29.7 Å². The molecule has 1 N–H and O–H groups in total. The lowest BCUT2D eigenvalue weighted by atomic mass is 9.86. The van der Waals surface area contributed by atoms with Gasteiger partial charge in [0, 0.05) is 27.6 Å². The van der Waals surface area contributed by atoms with Crippen molar-refractivity contribution < 1.29 is 27.3 Å². The maximum absolute atomic E-state index is 14.3. The number of rotatable bonds is 6. The van der Waals surface area contributed by atoms with Crippen molar-refractivity contribution in [2.45, 2.75) is 38.6 Å². The van der Waals surface area contributed by atoms with Gasteiger partial charge in [-0.05, 0) is 60.9 Å². The number of aryl methyl sites for hydroxylation is 2. The Morgan fingerprint density at radius 2 is 1.73 bits per heavy atom. The Labute approximate surface area is 242 Å². The minimum absolute atomic E-state index is 0.00174. The van der Waals surface area contributed by atoms with Crippen LogP contribution in [0.1, 0.15) is 44.8 Å². The number of carbonyl (C=O) groups is 1. The Hall–Kier alpha value is -4.02. The molecule has 0 radical (unpaired) electrons. The molecule has 4 aromatic rings. The van der Waals surface area contributed by atoms with Gasteiger partial charge in [0.15, 0.2) is 11.4 Å². The average molecular weight is 604 g/mol. The Kier molecular flexibility index (Phi) is 7.48. The molecule has 0 spiro atoms. The molecule has 1 aromatic heterocycles. The van der Waals surface area contributed by atoms with Crippen LogP contribution in [0.4, 0.5) is 18.9 Å². The molecule has 12 heteroatoms. The summed E-state index contributed by atoms with van der Waals surface area (Å²) >= 11 is 11.9. The van der Waals surface area contributed by atoms with Crippen molar-refractivity contribution in [3.8, 4) is 0 Å². The molecule has 0 fully saturated rings. The number of alkyl halides is 3. The minimum atomic E-state index is -4.84. The summed E-state index contributed by atoms with van der Waals surface area (Å²) in [7, 11) is 0. The van der Waals surface area contributed by atoms with Gasteiger partial charge in [0.1, 0.15) is 0 Å². The molecule has 0 aliphatic carbocycles. The molecular weight excluding hydrogens is 582 g/mol. The quantitative estimate of drug-likeness (QED) is 0.251. The van der Waals surface area contributed by atoms with Crippen LogP contribution in [0, 0.1) is 13.8 Å². The third-order valence-corrected chi connectivity index (χ3v) is 7.20. The number of oxime groups is 1. The van der Waals surface area contributed by atoms with Crippen LogP contribution in [0.3, 0.4) is 0 Å². The van der Waals surface area contributed by atoms with Crippen molar-refractivity contribution in [2.24, 2.45) is 5.16 Å². The van der Waals surface area contributed by atoms with Crippen molar-refractivity contribution in [1.82, 2.24) is 4.74 Å². The fourth-order valence-corrected chi connectivity index (χ4v) is 5.17. The molecular formula is C29H22Cl2F3N3O4. The summed E-state index contributed by atoms with van der Waals surface area (Å²) in [5.41, 5.74) is -1.68. The SMILES string of the molecule is Cc1cc(C2=NOC(c3cc(Cl)cc(Cl)c3)(C(F)(F)F)C2)ccc1C(=O)Nc1c(C)on(Cc2ccccc2)c1=O. The monoisotopic (exact) mass is 603 g/mol. The Balaban J connectivity index is 1.37. The maximum atomic E-state index is 14.3. The number of halogens is 5. The molecule has 7 nitrogen and oxygen atoms in total. The second-order valence-electron chi connectivity index (χ2n) is 9.62. The molecule has 1 aliphatic rings. The summed E-state index contributed by atoms with van der Waals surface area (Å²) in [6.45, 7) is 3.38. The van der Waals surface area contributed by atoms with Crippen LogP contribution < -0.4 is 10.9 Å². The highest BCUT2D eigenvalue weighted by molar-refractivity contribution is 6.34. The molecule has 0 saturated carbocycles. The normalized spacial score (nSPS) is 16.8. The molecule has 1 aliphatic heterocycles. The van der Waals surface area contributed by atoms with Crippen LogP contribution in [0.25, 0.3) is 0 Å². The number of anilines is 1. The van der Waals surface area contributed by atoms with E-state index in [2.05, 4.69) is 10.5 Å². The van der Waals surface area contributed by atoms with E-state index in [-0.39, 0.29) is 44.9 Å². The third kappa shape index (κ3) is 5.49. The molecule has 3 aromatic carbocycles. The summed E-state index contributed by atoms with van der Waals surface area (Å²) in [5.74, 6) is -0.347. The third-order valence-electron chi connectivity index (χ3n) is 6.77. The molecule has 1 atom stereocenters. The zero-order valence-electron chi connectivity index (χ0n) is 21.7. The maximum Gasteiger partial charge on any atom is 0.435 e. The molecule has 0 bridgehead atoms. The van der Waals surface area contributed by atoms with E-state index in [1.54, 1.807) is 13.8 Å². The highest BCUT2D eigenvalue weighted by Crippen LogP contribution is 2.49. The molecule has 2 heterocycles. The smallest absolute Gasteiger partial charge is 0.379 e. The van der Waals surface area contributed by atoms with Crippen LogP contribution in [0.15, 0.2) is 81.2 Å². The second kappa shape index (κ2) is 10.8. The first kappa shape index (κ1) is 28.5. The molecule has 5 rings (SSSR count). The largest absolute Gasteiger partial charge is 0.435 e. The van der Waals surface area contributed by atoms with E-state index in [1.807, 2.05) is 30.3 Å². The number of hydrogen-bond acceptors (Lipinski definition) is 5. The van der Waals surface area contributed by atoms with Gasteiger partial charge < -0.3 is 14.7 Å². The fraction of sp³-hybridized carbons (Fsp3) is 0.207. The van der Waals surface area contributed by atoms with Crippen LogP contribution in [0.2, 0.25) is 10.0 Å². The lowest BCUT2D eigenvalue weighted by Crippen LogP contribution is -2.42. The van der Waals surface area contributed by atoms with Gasteiger partial charge in [-0.25, -0.2) is 0 Å². The van der Waals surface area contributed by atoms with E-state index in [1.165, 1.54) is 24.3 Å². The zero-order valence-corrected chi connectivity index (χ0v) is 23.2. The number of benzene rings is 3. The lowest BCUT2D eigenvalue weighted by Gasteiger charge is -2.29. The van der Waals surface area contributed by atoms with Crippen LogP contribution >= 0.6 is 23.2 Å². The topological polar surface area (TPSA) is 85.8 Å². The zero-order chi connectivity index (χ0) is 29.5. The Morgan fingerprint density at radius 3 is 2.37 bits per heavy atom. The number of nitrogens with zero attached hydrogens (tertiary/aromatic N) is 2. The van der Waals surface area contributed by atoms with Crippen LogP contribution in [-0.4, -0.2) is 22.5 Å². The first-order chi connectivity index (χ1) is 19.4. The molecule has 0 saturated heterocycles. The number of nitrogens with one attached hydrogen (secondary N) is 1. The summed E-state index contributed by atoms with van der Waals surface area (Å²) in [4.78, 5) is 31.0. The number of carbonyl (C=O) groups excluding carboxylic acids is 1. The highest BCUT2D eigenvalue weighted by Gasteiger charge is 2.62. The van der Waals surface area contributed by atoms with Gasteiger partial charge in [-0.1, -0.05) is 64.8 Å². The van der Waals surface area contributed by atoms with E-state index in [0.29, 0.717) is 11.1 Å². The number of hydrogen-bond donors (Lipinski definition) is 1. The van der Waals surface area contributed by atoms with Crippen molar-refractivity contribution in [2.75, 3.05) is 5.32 Å². The molecule has 1 amide bonds. The number of amides is 1. The summed E-state index contributed by atoms with van der Waals surface area (Å²) in [5, 5.41) is 6.41.